The average molecular weight is 310 g/mol. The highest BCUT2D eigenvalue weighted by molar-refractivity contribution is 9.10. The minimum Gasteiger partial charge on any atom is -0.303 e. The second-order valence-electron chi connectivity index (χ2n) is 4.15. The molecule has 2 aromatic rings. The molecule has 1 N–H and O–H groups in total. The molecule has 90 valence electrons. The number of hydrogen-bond acceptors (Lipinski definition) is 2. The fourth-order valence-electron chi connectivity index (χ4n) is 1.91. The van der Waals surface area contributed by atoms with Gasteiger partial charge in [0.05, 0.1) is 0 Å². The van der Waals surface area contributed by atoms with Gasteiger partial charge in [-0.2, -0.15) is 0 Å². The number of nitrogens with one attached hydrogen (secondary N) is 1. The molecule has 0 spiro atoms. The van der Waals surface area contributed by atoms with Gasteiger partial charge in [0.25, 0.3) is 0 Å². The highest BCUT2D eigenvalue weighted by Gasteiger charge is 2.13. The van der Waals surface area contributed by atoms with Gasteiger partial charge in [-0.05, 0) is 36.9 Å². The molecule has 0 saturated carbocycles. The summed E-state index contributed by atoms with van der Waals surface area (Å²) in [7, 11) is 0. The van der Waals surface area contributed by atoms with Gasteiger partial charge in [0.1, 0.15) is 0 Å². The molecule has 3 heteroatoms. The normalized spacial score (nSPS) is 14.5. The lowest BCUT2D eigenvalue weighted by atomic mass is 10.1. The Hall–Kier alpha value is -0.640. The Balaban J connectivity index is 2.07. The lowest BCUT2D eigenvalue weighted by Gasteiger charge is -2.20. The fourth-order valence-corrected chi connectivity index (χ4v) is 3.28. The van der Waals surface area contributed by atoms with Crippen molar-refractivity contribution in [1.82, 2.24) is 5.32 Å². The second-order valence-corrected chi connectivity index (χ2v) is 5.98. The van der Waals surface area contributed by atoms with E-state index < -0.39 is 0 Å². The molecule has 1 unspecified atom stereocenters. The number of rotatable bonds is 4. The van der Waals surface area contributed by atoms with Crippen LogP contribution in [0, 0.1) is 0 Å². The van der Waals surface area contributed by atoms with E-state index in [0.717, 1.165) is 0 Å². The molecule has 1 aromatic heterocycles. The van der Waals surface area contributed by atoms with Crippen LogP contribution in [0.15, 0.2) is 46.3 Å². The first-order valence-corrected chi connectivity index (χ1v) is 7.39. The van der Waals surface area contributed by atoms with Gasteiger partial charge in [-0.3, -0.25) is 0 Å². The third-order valence-electron chi connectivity index (χ3n) is 2.84. The van der Waals surface area contributed by atoms with Crippen molar-refractivity contribution in [1.29, 1.82) is 0 Å². The molecule has 1 aromatic carbocycles. The number of halogens is 1. The van der Waals surface area contributed by atoms with E-state index >= 15 is 0 Å². The maximum absolute atomic E-state index is 3.62. The Labute approximate surface area is 115 Å². The third kappa shape index (κ3) is 3.18. The van der Waals surface area contributed by atoms with Gasteiger partial charge in [0, 0.05) is 21.4 Å². The Kier molecular flexibility index (Phi) is 4.37. The quantitative estimate of drug-likeness (QED) is 0.845. The van der Waals surface area contributed by atoms with Crippen LogP contribution in [0.1, 0.15) is 36.4 Å². The molecule has 1 nitrogen and oxygen atoms in total. The van der Waals surface area contributed by atoms with E-state index in [0.29, 0.717) is 12.1 Å². The Morgan fingerprint density at radius 2 is 1.82 bits per heavy atom. The summed E-state index contributed by atoms with van der Waals surface area (Å²) in [6, 6.07) is 13.4. The van der Waals surface area contributed by atoms with Crippen LogP contribution in [0.25, 0.3) is 0 Å². The Morgan fingerprint density at radius 3 is 2.47 bits per heavy atom. The first-order chi connectivity index (χ1) is 8.18. The van der Waals surface area contributed by atoms with Crippen molar-refractivity contribution < 1.29 is 0 Å². The zero-order valence-corrected chi connectivity index (χ0v) is 12.4. The summed E-state index contributed by atoms with van der Waals surface area (Å²) in [6.45, 7) is 4.41. The number of thiophene rings is 1. The SMILES string of the molecule is CC(N[C@H](C)c1ccccc1Br)c1cccs1. The van der Waals surface area contributed by atoms with E-state index in [4.69, 9.17) is 0 Å². The zero-order valence-electron chi connectivity index (χ0n) is 9.98. The molecule has 17 heavy (non-hydrogen) atoms. The van der Waals surface area contributed by atoms with Crippen LogP contribution in [-0.2, 0) is 0 Å². The van der Waals surface area contributed by atoms with Gasteiger partial charge in [0.15, 0.2) is 0 Å². The molecule has 0 aliphatic rings. The van der Waals surface area contributed by atoms with Crippen molar-refractivity contribution in [2.24, 2.45) is 0 Å². The fraction of sp³-hybridized carbons (Fsp3) is 0.286. The second kappa shape index (κ2) is 5.80. The lowest BCUT2D eigenvalue weighted by molar-refractivity contribution is 0.499. The van der Waals surface area contributed by atoms with E-state index in [-0.39, 0.29) is 0 Å². The van der Waals surface area contributed by atoms with Crippen molar-refractivity contribution in [2.75, 3.05) is 0 Å². The van der Waals surface area contributed by atoms with Crippen LogP contribution in [-0.4, -0.2) is 0 Å². The molecule has 0 amide bonds. The highest BCUT2D eigenvalue weighted by atomic mass is 79.9. The van der Waals surface area contributed by atoms with Gasteiger partial charge in [-0.25, -0.2) is 0 Å². The van der Waals surface area contributed by atoms with Crippen molar-refractivity contribution >= 4 is 27.3 Å². The molecule has 0 radical (unpaired) electrons. The summed E-state index contributed by atoms with van der Waals surface area (Å²) < 4.78 is 1.17. The summed E-state index contributed by atoms with van der Waals surface area (Å²) in [4.78, 5) is 1.38. The highest BCUT2D eigenvalue weighted by Crippen LogP contribution is 2.26. The predicted octanol–water partition coefficient (Wildman–Crippen LogP) is 4.92. The van der Waals surface area contributed by atoms with E-state index in [9.17, 15) is 0 Å². The van der Waals surface area contributed by atoms with Gasteiger partial charge in [0.2, 0.25) is 0 Å². The summed E-state index contributed by atoms with van der Waals surface area (Å²) in [6.07, 6.45) is 0. The minimum absolute atomic E-state index is 0.336. The first kappa shape index (κ1) is 12.8. The molecule has 0 aliphatic carbocycles. The number of benzene rings is 1. The topological polar surface area (TPSA) is 12.0 Å². The van der Waals surface area contributed by atoms with Gasteiger partial charge >= 0.3 is 0 Å². The Morgan fingerprint density at radius 1 is 1.06 bits per heavy atom. The van der Waals surface area contributed by atoms with Crippen LogP contribution in [0.4, 0.5) is 0 Å². The van der Waals surface area contributed by atoms with Crippen molar-refractivity contribution in [2.45, 2.75) is 25.9 Å². The van der Waals surface area contributed by atoms with Gasteiger partial charge in [-0.15, -0.1) is 11.3 Å². The molecule has 0 aliphatic heterocycles. The van der Waals surface area contributed by atoms with E-state index in [1.165, 1.54) is 14.9 Å². The van der Waals surface area contributed by atoms with Gasteiger partial charge < -0.3 is 5.32 Å². The van der Waals surface area contributed by atoms with Crippen molar-refractivity contribution in [3.05, 3.63) is 56.7 Å². The van der Waals surface area contributed by atoms with Gasteiger partial charge in [-0.1, -0.05) is 40.2 Å². The summed E-state index contributed by atoms with van der Waals surface area (Å²) in [5.74, 6) is 0. The molecule has 0 saturated heterocycles. The van der Waals surface area contributed by atoms with Crippen LogP contribution in [0.3, 0.4) is 0 Å². The predicted molar refractivity (Wildman–Crippen MR) is 78.4 cm³/mol. The molecule has 0 fully saturated rings. The van der Waals surface area contributed by atoms with E-state index in [1.54, 1.807) is 11.3 Å². The van der Waals surface area contributed by atoms with Crippen LogP contribution < -0.4 is 5.32 Å². The lowest BCUT2D eigenvalue weighted by Crippen LogP contribution is -2.22. The Bertz CT molecular complexity index is 467. The maximum Gasteiger partial charge on any atom is 0.0391 e. The van der Waals surface area contributed by atoms with Crippen molar-refractivity contribution in [3.8, 4) is 0 Å². The van der Waals surface area contributed by atoms with Crippen LogP contribution >= 0.6 is 27.3 Å². The zero-order chi connectivity index (χ0) is 12.3. The maximum atomic E-state index is 3.62. The third-order valence-corrected chi connectivity index (χ3v) is 4.62. The molecular weight excluding hydrogens is 294 g/mol. The molecule has 0 bridgehead atoms. The van der Waals surface area contributed by atoms with Crippen LogP contribution in [0.5, 0.6) is 0 Å². The van der Waals surface area contributed by atoms with E-state index in [2.05, 4.69) is 70.8 Å². The number of hydrogen-bond donors (Lipinski definition) is 1. The first-order valence-electron chi connectivity index (χ1n) is 5.72. The standard InChI is InChI=1S/C14H16BrNS/c1-10(12-6-3-4-7-13(12)15)16-11(2)14-8-5-9-17-14/h3-11,16H,1-2H3/t10-,11?/m1/s1. The largest absolute Gasteiger partial charge is 0.303 e. The van der Waals surface area contributed by atoms with Crippen LogP contribution in [0.2, 0.25) is 0 Å². The smallest absolute Gasteiger partial charge is 0.0391 e. The summed E-state index contributed by atoms with van der Waals surface area (Å²) in [5, 5.41) is 5.74. The molecular formula is C14H16BrNS. The summed E-state index contributed by atoms with van der Waals surface area (Å²) in [5.41, 5.74) is 1.30. The summed E-state index contributed by atoms with van der Waals surface area (Å²) >= 11 is 5.40. The monoisotopic (exact) mass is 309 g/mol. The van der Waals surface area contributed by atoms with Crippen molar-refractivity contribution in [3.63, 3.8) is 0 Å². The molecule has 1 heterocycles. The average Bonchev–Trinajstić information content (AvgIpc) is 2.82. The van der Waals surface area contributed by atoms with E-state index in [1.807, 2.05) is 6.07 Å². The minimum atomic E-state index is 0.336. The molecule has 2 rings (SSSR count). The molecule has 2 atom stereocenters.